The van der Waals surface area contributed by atoms with Gasteiger partial charge >= 0.3 is 12.2 Å². The fourth-order valence-corrected chi connectivity index (χ4v) is 3.35. The van der Waals surface area contributed by atoms with E-state index in [-0.39, 0.29) is 26.1 Å². The molecular formula is C18H11BrCl2F3N5O2. The molecule has 0 radical (unpaired) electrons. The molecule has 0 spiro atoms. The van der Waals surface area contributed by atoms with Crippen molar-refractivity contribution in [3.63, 3.8) is 0 Å². The zero-order chi connectivity index (χ0) is 22.8. The molecular weight excluding hydrogens is 526 g/mol. The zero-order valence-electron chi connectivity index (χ0n) is 15.2. The molecule has 0 atom stereocenters. The predicted molar refractivity (Wildman–Crippen MR) is 115 cm³/mol. The van der Waals surface area contributed by atoms with Crippen LogP contribution in [0.2, 0.25) is 10.0 Å². The molecule has 0 aliphatic heterocycles. The maximum Gasteiger partial charge on any atom is 0.408 e. The minimum atomic E-state index is -4.70. The number of nitrogens with zero attached hydrogens (tertiary/aromatic N) is 3. The van der Waals surface area contributed by atoms with Crippen LogP contribution in [0.1, 0.15) is 0 Å². The maximum atomic E-state index is 12.9. The highest BCUT2D eigenvalue weighted by Gasteiger charge is 2.30. The Balaban J connectivity index is 2.00. The van der Waals surface area contributed by atoms with Crippen molar-refractivity contribution in [2.75, 3.05) is 10.6 Å². The molecule has 7 nitrogen and oxygen atoms in total. The molecule has 2 amide bonds. The normalized spacial score (nSPS) is 11.3. The molecule has 0 fully saturated rings. The number of pyridine rings is 1. The monoisotopic (exact) mass is 535 g/mol. The van der Waals surface area contributed by atoms with Crippen molar-refractivity contribution in [3.8, 4) is 11.3 Å². The molecule has 3 rings (SSSR count). The second-order valence-electron chi connectivity index (χ2n) is 6.09. The van der Waals surface area contributed by atoms with Gasteiger partial charge in [-0.1, -0.05) is 51.3 Å². The Labute approximate surface area is 191 Å². The maximum absolute atomic E-state index is 12.9. The summed E-state index contributed by atoms with van der Waals surface area (Å²) in [6.07, 6.45) is -2.24. The Morgan fingerprint density at radius 1 is 1.13 bits per heavy atom. The summed E-state index contributed by atoms with van der Waals surface area (Å²) in [4.78, 5) is 28.6. The number of benzene rings is 1. The number of hydrogen-bond donors (Lipinski definition) is 2. The molecule has 1 aromatic carbocycles. The van der Waals surface area contributed by atoms with Crippen molar-refractivity contribution in [3.05, 3.63) is 67.6 Å². The van der Waals surface area contributed by atoms with Gasteiger partial charge in [0.1, 0.15) is 12.2 Å². The molecule has 31 heavy (non-hydrogen) atoms. The van der Waals surface area contributed by atoms with E-state index in [1.165, 1.54) is 18.5 Å². The molecule has 13 heteroatoms. The number of carbonyl (C=O) groups is 1. The molecule has 0 saturated carbocycles. The van der Waals surface area contributed by atoms with Crippen LogP contribution in [0.4, 0.5) is 29.3 Å². The Kier molecular flexibility index (Phi) is 6.87. The lowest BCUT2D eigenvalue weighted by molar-refractivity contribution is -0.143. The van der Waals surface area contributed by atoms with Gasteiger partial charge < -0.3 is 10.6 Å². The molecule has 3 aromatic rings. The van der Waals surface area contributed by atoms with Crippen LogP contribution in [0.25, 0.3) is 11.3 Å². The molecule has 0 unspecified atom stereocenters. The molecule has 0 bridgehead atoms. The molecule has 2 N–H and O–H groups in total. The summed E-state index contributed by atoms with van der Waals surface area (Å²) in [7, 11) is 0. The van der Waals surface area contributed by atoms with Crippen LogP contribution in [0.15, 0.2) is 52.0 Å². The first kappa shape index (κ1) is 23.0. The van der Waals surface area contributed by atoms with Crippen molar-refractivity contribution in [2.24, 2.45) is 0 Å². The largest absolute Gasteiger partial charge is 0.408 e. The fourth-order valence-electron chi connectivity index (χ4n) is 2.50. The third kappa shape index (κ3) is 5.96. The SMILES string of the molecule is O=C(Nc1c(Cl)cncc1Cl)Nc1cc(-c2cccc(Br)c2)nn(CC(F)(F)F)c1=O. The quantitative estimate of drug-likeness (QED) is 0.455. The number of anilines is 2. The lowest BCUT2D eigenvalue weighted by atomic mass is 10.1. The van der Waals surface area contributed by atoms with E-state index in [9.17, 15) is 22.8 Å². The van der Waals surface area contributed by atoms with Crippen molar-refractivity contribution < 1.29 is 18.0 Å². The van der Waals surface area contributed by atoms with Gasteiger partial charge in [0, 0.05) is 22.4 Å². The number of alkyl halides is 3. The van der Waals surface area contributed by atoms with Gasteiger partial charge in [0.05, 0.1) is 21.4 Å². The van der Waals surface area contributed by atoms with Crippen molar-refractivity contribution >= 4 is 56.5 Å². The van der Waals surface area contributed by atoms with E-state index >= 15 is 0 Å². The average Bonchev–Trinajstić information content (AvgIpc) is 2.67. The lowest BCUT2D eigenvalue weighted by Crippen LogP contribution is -2.34. The van der Waals surface area contributed by atoms with Gasteiger partial charge in [-0.15, -0.1) is 0 Å². The van der Waals surface area contributed by atoms with Crippen LogP contribution < -0.4 is 16.2 Å². The fraction of sp³-hybridized carbons (Fsp3) is 0.111. The number of nitrogens with one attached hydrogen (secondary N) is 2. The first-order valence-electron chi connectivity index (χ1n) is 8.35. The van der Waals surface area contributed by atoms with Crippen LogP contribution in [-0.4, -0.2) is 27.0 Å². The topological polar surface area (TPSA) is 88.9 Å². The number of amides is 2. The van der Waals surface area contributed by atoms with Crippen molar-refractivity contribution in [1.82, 2.24) is 14.8 Å². The lowest BCUT2D eigenvalue weighted by Gasteiger charge is -2.14. The van der Waals surface area contributed by atoms with Gasteiger partial charge in [0.25, 0.3) is 5.56 Å². The van der Waals surface area contributed by atoms with E-state index in [1.54, 1.807) is 24.3 Å². The van der Waals surface area contributed by atoms with E-state index in [4.69, 9.17) is 23.2 Å². The molecule has 162 valence electrons. The molecule has 2 heterocycles. The van der Waals surface area contributed by atoms with E-state index in [0.717, 1.165) is 0 Å². The summed E-state index contributed by atoms with van der Waals surface area (Å²) in [5.74, 6) is 0. The first-order valence-corrected chi connectivity index (χ1v) is 9.90. The Bertz CT molecular complexity index is 1180. The summed E-state index contributed by atoms with van der Waals surface area (Å²) >= 11 is 15.1. The van der Waals surface area contributed by atoms with Gasteiger partial charge in [-0.05, 0) is 18.2 Å². The van der Waals surface area contributed by atoms with Crippen LogP contribution >= 0.6 is 39.1 Å². The highest BCUT2D eigenvalue weighted by atomic mass is 79.9. The number of hydrogen-bond acceptors (Lipinski definition) is 4. The van der Waals surface area contributed by atoms with E-state index in [2.05, 4.69) is 36.6 Å². The number of urea groups is 1. The van der Waals surface area contributed by atoms with Gasteiger partial charge in [0.15, 0.2) is 0 Å². The minimum Gasteiger partial charge on any atom is -0.305 e. The van der Waals surface area contributed by atoms with Gasteiger partial charge in [-0.25, -0.2) is 9.48 Å². The van der Waals surface area contributed by atoms with Gasteiger partial charge in [-0.2, -0.15) is 18.3 Å². The average molecular weight is 537 g/mol. The minimum absolute atomic E-state index is 0.0210. The summed E-state index contributed by atoms with van der Waals surface area (Å²) in [5, 5.41) is 8.41. The number of aromatic nitrogens is 3. The standard InChI is InChI=1S/C18H11BrCl2F3N5O2/c19-10-3-1-2-9(4-10)13-5-14(16(30)29(28-13)8-18(22,23)24)26-17(31)27-15-11(20)6-25-7-12(15)21/h1-7H,8H2,(H2,25,26,27,31). The summed E-state index contributed by atoms with van der Waals surface area (Å²) in [6.45, 7) is -1.63. The van der Waals surface area contributed by atoms with Crippen LogP contribution in [-0.2, 0) is 6.54 Å². The third-order valence-corrected chi connectivity index (χ3v) is 4.83. The van der Waals surface area contributed by atoms with E-state index in [1.807, 2.05) is 0 Å². The summed E-state index contributed by atoms with van der Waals surface area (Å²) < 4.78 is 39.7. The van der Waals surface area contributed by atoms with Crippen LogP contribution in [0.3, 0.4) is 0 Å². The Hall–Kier alpha value is -2.63. The Morgan fingerprint density at radius 3 is 2.42 bits per heavy atom. The summed E-state index contributed by atoms with van der Waals surface area (Å²) in [6, 6.07) is 6.78. The molecule has 0 saturated heterocycles. The first-order chi connectivity index (χ1) is 14.5. The molecule has 0 aliphatic rings. The highest BCUT2D eigenvalue weighted by molar-refractivity contribution is 9.10. The highest BCUT2D eigenvalue weighted by Crippen LogP contribution is 2.29. The zero-order valence-corrected chi connectivity index (χ0v) is 18.3. The number of halogens is 6. The summed E-state index contributed by atoms with van der Waals surface area (Å²) in [5.41, 5.74) is -1.08. The van der Waals surface area contributed by atoms with E-state index < -0.39 is 30.0 Å². The van der Waals surface area contributed by atoms with Crippen LogP contribution in [0, 0.1) is 0 Å². The second-order valence-corrected chi connectivity index (χ2v) is 7.82. The molecule has 0 aliphatic carbocycles. The second kappa shape index (κ2) is 9.25. The van der Waals surface area contributed by atoms with Gasteiger partial charge in [0.2, 0.25) is 0 Å². The number of carbonyl (C=O) groups excluding carboxylic acids is 1. The van der Waals surface area contributed by atoms with Crippen molar-refractivity contribution in [2.45, 2.75) is 12.7 Å². The molecule has 2 aromatic heterocycles. The van der Waals surface area contributed by atoms with Crippen LogP contribution in [0.5, 0.6) is 0 Å². The van der Waals surface area contributed by atoms with E-state index in [0.29, 0.717) is 10.0 Å². The van der Waals surface area contributed by atoms with Gasteiger partial charge in [-0.3, -0.25) is 9.78 Å². The third-order valence-electron chi connectivity index (χ3n) is 3.76. The number of rotatable bonds is 4. The Morgan fingerprint density at radius 2 is 1.81 bits per heavy atom. The predicted octanol–water partition coefficient (Wildman–Crippen LogP) is 5.58. The van der Waals surface area contributed by atoms with Crippen molar-refractivity contribution in [1.29, 1.82) is 0 Å². The smallest absolute Gasteiger partial charge is 0.305 e.